The molecule has 0 fully saturated rings. The van der Waals surface area contributed by atoms with E-state index in [-0.39, 0.29) is 0 Å². The van der Waals surface area contributed by atoms with Crippen LogP contribution in [0.15, 0.2) is 6.20 Å². The maximum atomic E-state index is 6.13. The number of anilines is 2. The van der Waals surface area contributed by atoms with Gasteiger partial charge in [0.15, 0.2) is 5.82 Å². The Morgan fingerprint density at radius 2 is 2.19 bits per heavy atom. The molecule has 5 heteroatoms. The Morgan fingerprint density at radius 1 is 1.50 bits per heavy atom. The van der Waals surface area contributed by atoms with Crippen molar-refractivity contribution in [3.63, 3.8) is 0 Å². The van der Waals surface area contributed by atoms with Crippen molar-refractivity contribution in [1.82, 2.24) is 9.97 Å². The number of nitrogens with one attached hydrogen (secondary N) is 1. The van der Waals surface area contributed by atoms with Gasteiger partial charge in [0.1, 0.15) is 5.02 Å². The van der Waals surface area contributed by atoms with Crippen LogP contribution in [0.4, 0.5) is 11.8 Å². The average Bonchev–Trinajstić information content (AvgIpc) is 2.32. The molecular weight excluding hydrogens is 224 g/mol. The fraction of sp³-hybridized carbons (Fsp3) is 0.636. The number of halogens is 1. The maximum Gasteiger partial charge on any atom is 0.224 e. The number of hydrogen-bond acceptors (Lipinski definition) is 4. The van der Waals surface area contributed by atoms with Gasteiger partial charge in [-0.15, -0.1) is 0 Å². The Labute approximate surface area is 102 Å². The van der Waals surface area contributed by atoms with Crippen molar-refractivity contribution in [2.24, 2.45) is 0 Å². The first kappa shape index (κ1) is 13.0. The standard InChI is InChI=1S/C11H19ClN4/c1-5-8(3)16(6-2)10-9(12)7-14-11(13-4)15-10/h7-8H,5-6H2,1-4H3,(H,13,14,15). The highest BCUT2D eigenvalue weighted by atomic mass is 35.5. The van der Waals surface area contributed by atoms with Crippen LogP contribution in [0.3, 0.4) is 0 Å². The van der Waals surface area contributed by atoms with Crippen LogP contribution >= 0.6 is 11.6 Å². The molecule has 1 N–H and O–H groups in total. The predicted octanol–water partition coefficient (Wildman–Crippen LogP) is 2.80. The number of hydrogen-bond donors (Lipinski definition) is 1. The number of rotatable bonds is 5. The summed E-state index contributed by atoms with van der Waals surface area (Å²) in [5, 5.41) is 3.52. The first-order chi connectivity index (χ1) is 7.63. The predicted molar refractivity (Wildman–Crippen MR) is 69.4 cm³/mol. The molecule has 1 heterocycles. The molecule has 0 aliphatic rings. The summed E-state index contributed by atoms with van der Waals surface area (Å²) in [6.07, 6.45) is 2.70. The van der Waals surface area contributed by atoms with Gasteiger partial charge in [-0.25, -0.2) is 4.98 Å². The molecule has 0 radical (unpaired) electrons. The lowest BCUT2D eigenvalue weighted by atomic mass is 10.2. The highest BCUT2D eigenvalue weighted by Gasteiger charge is 2.16. The Hall–Kier alpha value is -1.03. The first-order valence-corrected chi connectivity index (χ1v) is 5.98. The lowest BCUT2D eigenvalue weighted by Gasteiger charge is -2.29. The van der Waals surface area contributed by atoms with Gasteiger partial charge in [-0.05, 0) is 20.3 Å². The van der Waals surface area contributed by atoms with E-state index in [4.69, 9.17) is 11.6 Å². The summed E-state index contributed by atoms with van der Waals surface area (Å²) in [6, 6.07) is 0.419. The quantitative estimate of drug-likeness (QED) is 0.862. The van der Waals surface area contributed by atoms with Gasteiger partial charge >= 0.3 is 0 Å². The fourth-order valence-electron chi connectivity index (χ4n) is 1.57. The molecule has 0 saturated carbocycles. The molecule has 1 atom stereocenters. The highest BCUT2D eigenvalue weighted by Crippen LogP contribution is 2.25. The molecule has 1 aromatic rings. The van der Waals surface area contributed by atoms with Crippen LogP contribution in [0.5, 0.6) is 0 Å². The minimum Gasteiger partial charge on any atom is -0.357 e. The van der Waals surface area contributed by atoms with Crippen LogP contribution in [-0.2, 0) is 0 Å². The maximum absolute atomic E-state index is 6.13. The Balaban J connectivity index is 3.07. The van der Waals surface area contributed by atoms with Crippen LogP contribution in [0.1, 0.15) is 27.2 Å². The normalized spacial score (nSPS) is 12.3. The monoisotopic (exact) mass is 242 g/mol. The lowest BCUT2D eigenvalue weighted by molar-refractivity contribution is 0.623. The van der Waals surface area contributed by atoms with Gasteiger partial charge in [0, 0.05) is 19.6 Å². The van der Waals surface area contributed by atoms with Crippen LogP contribution < -0.4 is 10.2 Å². The van der Waals surface area contributed by atoms with Crippen LogP contribution in [0.2, 0.25) is 5.02 Å². The van der Waals surface area contributed by atoms with E-state index >= 15 is 0 Å². The summed E-state index contributed by atoms with van der Waals surface area (Å²) >= 11 is 6.13. The second-order valence-corrected chi connectivity index (χ2v) is 4.07. The van der Waals surface area contributed by atoms with E-state index in [2.05, 4.69) is 41.0 Å². The van der Waals surface area contributed by atoms with Gasteiger partial charge in [-0.3, -0.25) is 0 Å². The summed E-state index contributed by atoms with van der Waals surface area (Å²) in [5.41, 5.74) is 0. The molecule has 0 aromatic carbocycles. The largest absolute Gasteiger partial charge is 0.357 e. The van der Waals surface area contributed by atoms with E-state index in [9.17, 15) is 0 Å². The zero-order valence-corrected chi connectivity index (χ0v) is 11.0. The highest BCUT2D eigenvalue weighted by molar-refractivity contribution is 6.32. The van der Waals surface area contributed by atoms with Crippen molar-refractivity contribution in [3.05, 3.63) is 11.2 Å². The SMILES string of the molecule is CCC(C)N(CC)c1nc(NC)ncc1Cl. The second-order valence-electron chi connectivity index (χ2n) is 3.66. The van der Waals surface area contributed by atoms with Gasteiger partial charge in [0.2, 0.25) is 5.95 Å². The van der Waals surface area contributed by atoms with Crippen molar-refractivity contribution in [3.8, 4) is 0 Å². The summed E-state index contributed by atoms with van der Waals surface area (Å²) in [7, 11) is 1.80. The molecule has 0 spiro atoms. The topological polar surface area (TPSA) is 41.1 Å². The lowest BCUT2D eigenvalue weighted by Crippen LogP contribution is -2.33. The molecule has 1 aromatic heterocycles. The van der Waals surface area contributed by atoms with Gasteiger partial charge in [0.05, 0.1) is 6.20 Å². The number of aromatic nitrogens is 2. The van der Waals surface area contributed by atoms with Crippen molar-refractivity contribution in [1.29, 1.82) is 0 Å². The van der Waals surface area contributed by atoms with Crippen molar-refractivity contribution < 1.29 is 0 Å². The average molecular weight is 243 g/mol. The molecule has 4 nitrogen and oxygen atoms in total. The minimum atomic E-state index is 0.419. The smallest absolute Gasteiger partial charge is 0.224 e. The van der Waals surface area contributed by atoms with E-state index in [0.717, 1.165) is 18.8 Å². The zero-order chi connectivity index (χ0) is 12.1. The van der Waals surface area contributed by atoms with E-state index in [1.54, 1.807) is 13.2 Å². The molecule has 1 rings (SSSR count). The third-order valence-electron chi connectivity index (χ3n) is 2.68. The van der Waals surface area contributed by atoms with E-state index < -0.39 is 0 Å². The van der Waals surface area contributed by atoms with Crippen molar-refractivity contribution in [2.75, 3.05) is 23.8 Å². The van der Waals surface area contributed by atoms with Crippen LogP contribution in [0, 0.1) is 0 Å². The fourth-order valence-corrected chi connectivity index (χ4v) is 1.77. The van der Waals surface area contributed by atoms with Gasteiger partial charge in [-0.2, -0.15) is 4.98 Å². The van der Waals surface area contributed by atoms with Gasteiger partial charge < -0.3 is 10.2 Å². The second kappa shape index (κ2) is 5.89. The third kappa shape index (κ3) is 2.76. The molecule has 16 heavy (non-hydrogen) atoms. The molecule has 0 aliphatic carbocycles. The van der Waals surface area contributed by atoms with Crippen molar-refractivity contribution >= 4 is 23.4 Å². The molecule has 0 bridgehead atoms. The summed E-state index contributed by atoms with van der Waals surface area (Å²) in [5.74, 6) is 1.40. The van der Waals surface area contributed by atoms with Gasteiger partial charge in [0.25, 0.3) is 0 Å². The zero-order valence-electron chi connectivity index (χ0n) is 10.3. The van der Waals surface area contributed by atoms with Crippen LogP contribution in [0.25, 0.3) is 0 Å². The third-order valence-corrected chi connectivity index (χ3v) is 2.95. The molecule has 90 valence electrons. The van der Waals surface area contributed by atoms with E-state index in [1.165, 1.54) is 0 Å². The van der Waals surface area contributed by atoms with Crippen molar-refractivity contribution in [2.45, 2.75) is 33.2 Å². The first-order valence-electron chi connectivity index (χ1n) is 5.60. The molecule has 0 aliphatic heterocycles. The molecule has 1 unspecified atom stereocenters. The summed E-state index contributed by atoms with van der Waals surface area (Å²) in [4.78, 5) is 10.7. The van der Waals surface area contributed by atoms with Gasteiger partial charge in [-0.1, -0.05) is 18.5 Å². The Morgan fingerprint density at radius 3 is 2.69 bits per heavy atom. The van der Waals surface area contributed by atoms with E-state index in [1.807, 2.05) is 0 Å². The summed E-state index contributed by atoms with van der Waals surface area (Å²) in [6.45, 7) is 7.31. The minimum absolute atomic E-state index is 0.419. The molecule has 0 saturated heterocycles. The Kier molecular flexibility index (Phi) is 4.80. The van der Waals surface area contributed by atoms with Crippen LogP contribution in [-0.4, -0.2) is 29.6 Å². The Bertz CT molecular complexity index is 343. The molecular formula is C11H19ClN4. The van der Waals surface area contributed by atoms with E-state index in [0.29, 0.717) is 17.0 Å². The summed E-state index contributed by atoms with van der Waals surface area (Å²) < 4.78 is 0. The number of nitrogens with zero attached hydrogens (tertiary/aromatic N) is 3. The molecule has 0 amide bonds.